The number of anilines is 1. The fourth-order valence-corrected chi connectivity index (χ4v) is 2.47. The van der Waals surface area contributed by atoms with Crippen LogP contribution in [-0.4, -0.2) is 20.9 Å². The van der Waals surface area contributed by atoms with Crippen molar-refractivity contribution in [1.29, 1.82) is 0 Å². The van der Waals surface area contributed by atoms with E-state index in [1.54, 1.807) is 30.7 Å². The zero-order valence-electron chi connectivity index (χ0n) is 7.44. The zero-order chi connectivity index (χ0) is 10.0. The molecular formula is C8H11NO2S2. The fourth-order valence-electron chi connectivity index (χ4n) is 1.03. The normalized spacial score (nSPS) is 15.2. The van der Waals surface area contributed by atoms with Crippen molar-refractivity contribution in [3.63, 3.8) is 0 Å². The standard InChI is InChI=1S/C8H11NO2S2/c1-12(10)6-4-3-5-7(8(6)9)13(2)11/h3-5H,9H2,1-2H3. The minimum absolute atomic E-state index is 0.379. The molecule has 0 amide bonds. The average molecular weight is 217 g/mol. The van der Waals surface area contributed by atoms with Gasteiger partial charge in [-0.25, -0.2) is 0 Å². The molecule has 0 bridgehead atoms. The number of nitrogen functional groups attached to an aromatic ring is 1. The van der Waals surface area contributed by atoms with Gasteiger partial charge in [-0.3, -0.25) is 8.42 Å². The molecule has 0 saturated heterocycles. The molecule has 1 rings (SSSR count). The molecule has 1 aromatic rings. The molecule has 13 heavy (non-hydrogen) atoms. The Morgan fingerprint density at radius 3 is 1.77 bits per heavy atom. The van der Waals surface area contributed by atoms with Gasteiger partial charge >= 0.3 is 0 Å². The van der Waals surface area contributed by atoms with Gasteiger partial charge < -0.3 is 5.73 Å². The quantitative estimate of drug-likeness (QED) is 0.743. The molecule has 5 heteroatoms. The second-order valence-corrected chi connectivity index (χ2v) is 5.27. The molecule has 2 unspecified atom stereocenters. The largest absolute Gasteiger partial charge is 0.397 e. The first-order valence-electron chi connectivity index (χ1n) is 3.59. The number of hydrogen-bond acceptors (Lipinski definition) is 3. The molecule has 0 radical (unpaired) electrons. The van der Waals surface area contributed by atoms with Crippen LogP contribution in [0, 0.1) is 0 Å². The summed E-state index contributed by atoms with van der Waals surface area (Å²) in [5.74, 6) is 0. The second kappa shape index (κ2) is 4.02. The molecule has 0 aromatic heterocycles. The Morgan fingerprint density at radius 2 is 1.46 bits per heavy atom. The Kier molecular flexibility index (Phi) is 3.22. The van der Waals surface area contributed by atoms with Crippen LogP contribution in [0.5, 0.6) is 0 Å². The molecule has 2 atom stereocenters. The lowest BCUT2D eigenvalue weighted by molar-refractivity contribution is 0.686. The van der Waals surface area contributed by atoms with Gasteiger partial charge in [0.25, 0.3) is 0 Å². The van der Waals surface area contributed by atoms with Crippen molar-refractivity contribution in [2.24, 2.45) is 0 Å². The minimum atomic E-state index is -1.13. The molecule has 0 aliphatic heterocycles. The molecule has 2 N–H and O–H groups in total. The molecule has 0 aliphatic carbocycles. The molecule has 0 spiro atoms. The summed E-state index contributed by atoms with van der Waals surface area (Å²) in [5, 5.41) is 0. The van der Waals surface area contributed by atoms with E-state index < -0.39 is 21.6 Å². The summed E-state index contributed by atoms with van der Waals surface area (Å²) in [7, 11) is -2.25. The minimum Gasteiger partial charge on any atom is -0.397 e. The van der Waals surface area contributed by atoms with E-state index in [1.165, 1.54) is 0 Å². The molecule has 3 nitrogen and oxygen atoms in total. The lowest BCUT2D eigenvalue weighted by Gasteiger charge is -2.05. The van der Waals surface area contributed by atoms with Crippen molar-refractivity contribution in [3.8, 4) is 0 Å². The Labute approximate surface area is 82.2 Å². The Balaban J connectivity index is 3.35. The molecule has 72 valence electrons. The zero-order valence-corrected chi connectivity index (χ0v) is 9.08. The van der Waals surface area contributed by atoms with Crippen LogP contribution in [-0.2, 0) is 21.6 Å². The van der Waals surface area contributed by atoms with E-state index in [4.69, 9.17) is 5.73 Å². The van der Waals surface area contributed by atoms with E-state index in [0.29, 0.717) is 15.5 Å². The van der Waals surface area contributed by atoms with E-state index in [9.17, 15) is 8.42 Å². The van der Waals surface area contributed by atoms with E-state index in [1.807, 2.05) is 0 Å². The van der Waals surface area contributed by atoms with E-state index in [0.717, 1.165) is 0 Å². The molecule has 0 heterocycles. The average Bonchev–Trinajstić information content (AvgIpc) is 2.03. The third-order valence-electron chi connectivity index (χ3n) is 1.65. The third kappa shape index (κ3) is 2.16. The Morgan fingerprint density at radius 1 is 1.08 bits per heavy atom. The highest BCUT2D eigenvalue weighted by Gasteiger charge is 2.09. The number of para-hydroxylation sites is 1. The van der Waals surface area contributed by atoms with Crippen molar-refractivity contribution >= 4 is 27.3 Å². The van der Waals surface area contributed by atoms with Crippen molar-refractivity contribution < 1.29 is 8.42 Å². The maximum Gasteiger partial charge on any atom is 0.0641 e. The molecule has 1 aromatic carbocycles. The van der Waals surface area contributed by atoms with Crippen LogP contribution in [0.25, 0.3) is 0 Å². The molecular weight excluding hydrogens is 206 g/mol. The van der Waals surface area contributed by atoms with Crippen molar-refractivity contribution in [3.05, 3.63) is 18.2 Å². The lowest BCUT2D eigenvalue weighted by atomic mass is 10.3. The highest BCUT2D eigenvalue weighted by atomic mass is 32.2. The van der Waals surface area contributed by atoms with Gasteiger partial charge in [-0.1, -0.05) is 6.07 Å². The van der Waals surface area contributed by atoms with Crippen molar-refractivity contribution in [2.45, 2.75) is 9.79 Å². The van der Waals surface area contributed by atoms with Gasteiger partial charge in [-0.15, -0.1) is 0 Å². The summed E-state index contributed by atoms with van der Waals surface area (Å²) in [4.78, 5) is 1.10. The van der Waals surface area contributed by atoms with E-state index in [-0.39, 0.29) is 0 Å². The second-order valence-electron chi connectivity index (χ2n) is 2.58. The van der Waals surface area contributed by atoms with Gasteiger partial charge in [-0.05, 0) is 12.1 Å². The first-order valence-corrected chi connectivity index (χ1v) is 6.71. The topological polar surface area (TPSA) is 60.2 Å². The molecule has 0 fully saturated rings. The number of hydrogen-bond donors (Lipinski definition) is 1. The summed E-state index contributed by atoms with van der Waals surface area (Å²) < 4.78 is 22.3. The fraction of sp³-hybridized carbons (Fsp3) is 0.250. The van der Waals surface area contributed by atoms with E-state index >= 15 is 0 Å². The van der Waals surface area contributed by atoms with Gasteiger partial charge in [0, 0.05) is 12.5 Å². The first-order chi connectivity index (χ1) is 6.04. The number of nitrogens with two attached hydrogens (primary N) is 1. The van der Waals surface area contributed by atoms with Crippen molar-refractivity contribution in [2.75, 3.05) is 18.2 Å². The molecule has 0 aliphatic rings. The SMILES string of the molecule is CS(=O)c1cccc(S(C)=O)c1N. The van der Waals surface area contributed by atoms with E-state index in [2.05, 4.69) is 0 Å². The van der Waals surface area contributed by atoms with Gasteiger partial charge in [-0.2, -0.15) is 0 Å². The van der Waals surface area contributed by atoms with Gasteiger partial charge in [0.1, 0.15) is 0 Å². The van der Waals surface area contributed by atoms with Crippen LogP contribution in [0.2, 0.25) is 0 Å². The van der Waals surface area contributed by atoms with Crippen LogP contribution >= 0.6 is 0 Å². The lowest BCUT2D eigenvalue weighted by Crippen LogP contribution is -2.01. The predicted molar refractivity (Wildman–Crippen MR) is 55.5 cm³/mol. The summed E-state index contributed by atoms with van der Waals surface area (Å²) in [6.45, 7) is 0. The summed E-state index contributed by atoms with van der Waals surface area (Å²) in [6, 6.07) is 5.08. The van der Waals surface area contributed by atoms with Crippen LogP contribution in [0.4, 0.5) is 5.69 Å². The smallest absolute Gasteiger partial charge is 0.0641 e. The van der Waals surface area contributed by atoms with Crippen LogP contribution in [0.1, 0.15) is 0 Å². The first kappa shape index (κ1) is 10.4. The van der Waals surface area contributed by atoms with Crippen LogP contribution < -0.4 is 5.73 Å². The van der Waals surface area contributed by atoms with Crippen LogP contribution in [0.15, 0.2) is 28.0 Å². The third-order valence-corrected chi connectivity index (χ3v) is 3.60. The van der Waals surface area contributed by atoms with Gasteiger partial charge in [0.15, 0.2) is 0 Å². The Bertz CT molecular complexity index is 344. The summed E-state index contributed by atoms with van der Waals surface area (Å²) in [5.41, 5.74) is 6.08. The number of rotatable bonds is 2. The predicted octanol–water partition coefficient (Wildman–Crippen LogP) is 0.744. The summed E-state index contributed by atoms with van der Waals surface area (Å²) in [6.07, 6.45) is 3.10. The highest BCUT2D eigenvalue weighted by Crippen LogP contribution is 2.22. The maximum absolute atomic E-state index is 11.2. The summed E-state index contributed by atoms with van der Waals surface area (Å²) >= 11 is 0. The maximum atomic E-state index is 11.2. The highest BCUT2D eigenvalue weighted by molar-refractivity contribution is 7.85. The van der Waals surface area contributed by atoms with Gasteiger partial charge in [0.05, 0.1) is 37.1 Å². The van der Waals surface area contributed by atoms with Crippen LogP contribution in [0.3, 0.4) is 0 Å². The number of benzene rings is 1. The Hall–Kier alpha value is -0.680. The van der Waals surface area contributed by atoms with Crippen molar-refractivity contribution in [1.82, 2.24) is 0 Å². The van der Waals surface area contributed by atoms with Gasteiger partial charge in [0.2, 0.25) is 0 Å². The molecule has 0 saturated carbocycles. The monoisotopic (exact) mass is 217 g/mol.